The Hall–Kier alpha value is -1.22. The van der Waals surface area contributed by atoms with Gasteiger partial charge in [-0.2, -0.15) is 0 Å². The number of rotatable bonds is 3. The molecule has 1 aliphatic heterocycles. The fourth-order valence-corrected chi connectivity index (χ4v) is 2.72. The second-order valence-corrected chi connectivity index (χ2v) is 5.95. The lowest BCUT2D eigenvalue weighted by molar-refractivity contribution is -0.141. The average Bonchev–Trinajstić information content (AvgIpc) is 2.42. The number of aryl methyl sites for hydroxylation is 1. The van der Waals surface area contributed by atoms with Crippen LogP contribution in [0.15, 0.2) is 18.2 Å². The van der Waals surface area contributed by atoms with E-state index < -0.39 is 6.10 Å². The van der Waals surface area contributed by atoms with E-state index in [0.717, 1.165) is 24.9 Å². The van der Waals surface area contributed by atoms with Crippen LogP contribution >= 0.6 is 11.6 Å². The van der Waals surface area contributed by atoms with Crippen LogP contribution in [0.4, 0.5) is 0 Å². The zero-order valence-electron chi connectivity index (χ0n) is 12.4. The first-order chi connectivity index (χ1) is 9.49. The third-order valence-corrected chi connectivity index (χ3v) is 4.30. The van der Waals surface area contributed by atoms with E-state index in [1.54, 1.807) is 12.1 Å². The van der Waals surface area contributed by atoms with Crippen molar-refractivity contribution < 1.29 is 9.53 Å². The maximum Gasteiger partial charge on any atom is 0.263 e. The van der Waals surface area contributed by atoms with Crippen LogP contribution in [0.2, 0.25) is 5.02 Å². The van der Waals surface area contributed by atoms with Crippen LogP contribution < -0.4 is 4.74 Å². The maximum atomic E-state index is 12.4. The van der Waals surface area contributed by atoms with Gasteiger partial charge in [-0.3, -0.25) is 4.79 Å². The number of hydrogen-bond donors (Lipinski definition) is 0. The highest BCUT2D eigenvalue weighted by molar-refractivity contribution is 6.31. The molecular formula is C16H22ClNO2. The predicted octanol–water partition coefficient (Wildman–Crippen LogP) is 3.82. The van der Waals surface area contributed by atoms with E-state index >= 15 is 0 Å². The van der Waals surface area contributed by atoms with Crippen molar-refractivity contribution in [3.8, 4) is 5.75 Å². The van der Waals surface area contributed by atoms with E-state index in [1.807, 2.05) is 24.8 Å². The smallest absolute Gasteiger partial charge is 0.263 e. The molecule has 1 fully saturated rings. The van der Waals surface area contributed by atoms with Crippen LogP contribution in [0.3, 0.4) is 0 Å². The molecule has 0 spiro atoms. The summed E-state index contributed by atoms with van der Waals surface area (Å²) in [6.45, 7) is 6.69. The van der Waals surface area contributed by atoms with Gasteiger partial charge in [0.2, 0.25) is 0 Å². The highest BCUT2D eigenvalue weighted by atomic mass is 35.5. The van der Waals surface area contributed by atoms with Crippen molar-refractivity contribution in [1.82, 2.24) is 4.90 Å². The summed E-state index contributed by atoms with van der Waals surface area (Å²) in [6.07, 6.45) is 2.91. The Morgan fingerprint density at radius 1 is 1.45 bits per heavy atom. The minimum atomic E-state index is -0.462. The van der Waals surface area contributed by atoms with Crippen LogP contribution in [0.25, 0.3) is 0 Å². The van der Waals surface area contributed by atoms with Gasteiger partial charge in [0.05, 0.1) is 0 Å². The van der Waals surface area contributed by atoms with Gasteiger partial charge in [-0.05, 0) is 63.8 Å². The van der Waals surface area contributed by atoms with Crippen molar-refractivity contribution in [3.05, 3.63) is 28.8 Å². The molecular weight excluding hydrogens is 274 g/mol. The summed E-state index contributed by atoms with van der Waals surface area (Å²) >= 11 is 5.99. The molecule has 0 bridgehead atoms. The van der Waals surface area contributed by atoms with Crippen LogP contribution in [0.5, 0.6) is 5.75 Å². The number of ether oxygens (including phenoxy) is 1. The van der Waals surface area contributed by atoms with Gasteiger partial charge in [-0.1, -0.05) is 11.6 Å². The Morgan fingerprint density at radius 3 is 2.85 bits per heavy atom. The molecule has 0 aromatic heterocycles. The molecule has 0 aliphatic carbocycles. The van der Waals surface area contributed by atoms with Gasteiger partial charge in [-0.15, -0.1) is 0 Å². The number of halogens is 1. The highest BCUT2D eigenvalue weighted by Gasteiger charge is 2.28. The molecule has 0 N–H and O–H groups in total. The highest BCUT2D eigenvalue weighted by Crippen LogP contribution is 2.23. The monoisotopic (exact) mass is 295 g/mol. The summed E-state index contributed by atoms with van der Waals surface area (Å²) < 4.78 is 5.76. The fourth-order valence-electron chi connectivity index (χ4n) is 2.60. The summed E-state index contributed by atoms with van der Waals surface area (Å²) in [6, 6.07) is 5.78. The first-order valence-electron chi connectivity index (χ1n) is 7.22. The predicted molar refractivity (Wildman–Crippen MR) is 81.3 cm³/mol. The van der Waals surface area contributed by atoms with Gasteiger partial charge in [-0.25, -0.2) is 0 Å². The second-order valence-electron chi connectivity index (χ2n) is 5.55. The van der Waals surface area contributed by atoms with Crippen LogP contribution in [0.1, 0.15) is 38.7 Å². The number of nitrogens with zero attached hydrogens (tertiary/aromatic N) is 1. The molecule has 4 heteroatoms. The van der Waals surface area contributed by atoms with E-state index in [1.165, 1.54) is 6.42 Å². The Balaban J connectivity index is 2.01. The zero-order chi connectivity index (χ0) is 14.7. The van der Waals surface area contributed by atoms with E-state index in [0.29, 0.717) is 16.8 Å². The molecule has 1 amide bonds. The van der Waals surface area contributed by atoms with Crippen molar-refractivity contribution >= 4 is 17.5 Å². The first kappa shape index (κ1) is 15.2. The van der Waals surface area contributed by atoms with Gasteiger partial charge in [0.1, 0.15) is 5.75 Å². The van der Waals surface area contributed by atoms with Gasteiger partial charge < -0.3 is 9.64 Å². The number of piperidine rings is 1. The normalized spacial score (nSPS) is 20.6. The van der Waals surface area contributed by atoms with Crippen molar-refractivity contribution in [2.45, 2.75) is 52.2 Å². The molecule has 110 valence electrons. The molecule has 3 nitrogen and oxygen atoms in total. The van der Waals surface area contributed by atoms with Gasteiger partial charge in [0, 0.05) is 17.6 Å². The third kappa shape index (κ3) is 3.45. The molecule has 20 heavy (non-hydrogen) atoms. The first-order valence-corrected chi connectivity index (χ1v) is 7.60. The molecule has 1 aromatic carbocycles. The van der Waals surface area contributed by atoms with Crippen molar-refractivity contribution in [1.29, 1.82) is 0 Å². The Morgan fingerprint density at radius 2 is 2.20 bits per heavy atom. The zero-order valence-corrected chi connectivity index (χ0v) is 13.1. The van der Waals surface area contributed by atoms with Crippen molar-refractivity contribution in [2.24, 2.45) is 0 Å². The van der Waals surface area contributed by atoms with Gasteiger partial charge >= 0.3 is 0 Å². The Kier molecular flexibility index (Phi) is 4.92. The van der Waals surface area contributed by atoms with Gasteiger partial charge in [0.15, 0.2) is 6.10 Å². The fraction of sp³-hybridized carbons (Fsp3) is 0.562. The van der Waals surface area contributed by atoms with Gasteiger partial charge in [0.25, 0.3) is 5.91 Å². The number of hydrogen-bond acceptors (Lipinski definition) is 2. The summed E-state index contributed by atoms with van der Waals surface area (Å²) in [5, 5.41) is 0.709. The largest absolute Gasteiger partial charge is 0.481 e. The molecule has 2 atom stereocenters. The van der Waals surface area contributed by atoms with Crippen LogP contribution in [0, 0.1) is 6.92 Å². The van der Waals surface area contributed by atoms with Crippen molar-refractivity contribution in [2.75, 3.05) is 6.54 Å². The number of benzene rings is 1. The standard InChI is InChI=1S/C16H22ClNO2/c1-11-10-14(7-8-15(11)17)20-13(3)16(19)18-9-5-4-6-12(18)2/h7-8,10,12-13H,4-6,9H2,1-3H3/t12-,13+/m0/s1. The molecule has 1 aliphatic rings. The van der Waals surface area contributed by atoms with Crippen LogP contribution in [-0.4, -0.2) is 29.5 Å². The molecule has 0 unspecified atom stereocenters. The number of amides is 1. The Bertz CT molecular complexity index is 489. The number of carbonyl (C=O) groups excluding carboxylic acids is 1. The lowest BCUT2D eigenvalue weighted by atomic mass is 10.0. The number of carbonyl (C=O) groups is 1. The Labute approximate surface area is 125 Å². The quantitative estimate of drug-likeness (QED) is 0.848. The SMILES string of the molecule is Cc1cc(O[C@H](C)C(=O)N2CCCC[C@@H]2C)ccc1Cl. The van der Waals surface area contributed by atoms with E-state index in [-0.39, 0.29) is 5.91 Å². The summed E-state index contributed by atoms with van der Waals surface area (Å²) in [5.74, 6) is 0.766. The maximum absolute atomic E-state index is 12.4. The molecule has 0 saturated carbocycles. The summed E-state index contributed by atoms with van der Waals surface area (Å²) in [5.41, 5.74) is 0.954. The van der Waals surface area contributed by atoms with E-state index in [4.69, 9.17) is 16.3 Å². The molecule has 1 aromatic rings. The third-order valence-electron chi connectivity index (χ3n) is 3.88. The minimum absolute atomic E-state index is 0.0739. The van der Waals surface area contributed by atoms with E-state index in [9.17, 15) is 4.79 Å². The summed E-state index contributed by atoms with van der Waals surface area (Å²) in [7, 11) is 0. The topological polar surface area (TPSA) is 29.5 Å². The molecule has 0 radical (unpaired) electrons. The lowest BCUT2D eigenvalue weighted by Gasteiger charge is -2.35. The second kappa shape index (κ2) is 6.49. The summed E-state index contributed by atoms with van der Waals surface area (Å²) in [4.78, 5) is 14.4. The van der Waals surface area contributed by atoms with E-state index in [2.05, 4.69) is 6.92 Å². The molecule has 2 rings (SSSR count). The molecule has 1 heterocycles. The van der Waals surface area contributed by atoms with Crippen molar-refractivity contribution in [3.63, 3.8) is 0 Å². The molecule has 1 saturated heterocycles. The minimum Gasteiger partial charge on any atom is -0.481 e. The number of likely N-dealkylation sites (tertiary alicyclic amines) is 1. The average molecular weight is 296 g/mol. The lowest BCUT2D eigenvalue weighted by Crippen LogP contribution is -2.47. The van der Waals surface area contributed by atoms with Crippen LogP contribution in [-0.2, 0) is 4.79 Å².